The second-order valence-electron chi connectivity index (χ2n) is 6.37. The standard InChI is InChI=1S/C20H22O3/c1-20(14-2-8-17(21)9-3-14,15-4-10-18(22)11-5-15)16-6-12-19(23)13-7-16/h2-4,6,8-10,12,21-23H,5,7,11,13H2,1H3. The number of aliphatic hydroxyl groups excluding tert-OH is 2. The Labute approximate surface area is 136 Å². The molecular formula is C20H22O3. The van der Waals surface area contributed by atoms with Gasteiger partial charge < -0.3 is 15.3 Å². The first-order valence-corrected chi connectivity index (χ1v) is 7.98. The van der Waals surface area contributed by atoms with Crippen LogP contribution in [0.4, 0.5) is 0 Å². The van der Waals surface area contributed by atoms with Gasteiger partial charge in [0.2, 0.25) is 0 Å². The van der Waals surface area contributed by atoms with Crippen molar-refractivity contribution in [1.82, 2.24) is 0 Å². The van der Waals surface area contributed by atoms with Gasteiger partial charge in [0, 0.05) is 18.3 Å². The molecule has 3 rings (SSSR count). The largest absolute Gasteiger partial charge is 0.512 e. The molecule has 3 heteroatoms. The Balaban J connectivity index is 2.12. The lowest BCUT2D eigenvalue weighted by Gasteiger charge is -2.38. The zero-order valence-electron chi connectivity index (χ0n) is 13.3. The molecule has 1 aromatic rings. The molecule has 120 valence electrons. The van der Waals surface area contributed by atoms with Crippen LogP contribution in [0.25, 0.3) is 0 Å². The van der Waals surface area contributed by atoms with Gasteiger partial charge in [-0.3, -0.25) is 0 Å². The average Bonchev–Trinajstić information content (AvgIpc) is 2.56. The van der Waals surface area contributed by atoms with Crippen LogP contribution in [0.3, 0.4) is 0 Å². The Morgan fingerprint density at radius 2 is 1.17 bits per heavy atom. The highest BCUT2D eigenvalue weighted by Gasteiger charge is 2.35. The SMILES string of the molecule is CC(C1=CC=C(O)CC1)(C1=CC=C(O)CC1)c1ccc(O)cc1. The van der Waals surface area contributed by atoms with Gasteiger partial charge in [0.05, 0.1) is 11.5 Å². The molecule has 0 aliphatic heterocycles. The van der Waals surface area contributed by atoms with Crippen molar-refractivity contribution in [1.29, 1.82) is 0 Å². The normalized spacial score (nSPS) is 18.7. The van der Waals surface area contributed by atoms with E-state index in [0.717, 1.165) is 18.4 Å². The van der Waals surface area contributed by atoms with Gasteiger partial charge in [0.25, 0.3) is 0 Å². The monoisotopic (exact) mass is 310 g/mol. The molecule has 0 saturated heterocycles. The van der Waals surface area contributed by atoms with Crippen molar-refractivity contribution >= 4 is 0 Å². The molecule has 0 heterocycles. The van der Waals surface area contributed by atoms with Crippen molar-refractivity contribution in [3.63, 3.8) is 0 Å². The lowest BCUT2D eigenvalue weighted by molar-refractivity contribution is 0.376. The minimum absolute atomic E-state index is 0.251. The van der Waals surface area contributed by atoms with E-state index in [0.29, 0.717) is 24.4 Å². The molecule has 0 aromatic heterocycles. The molecular weight excluding hydrogens is 288 g/mol. The number of aliphatic hydroxyl groups is 2. The van der Waals surface area contributed by atoms with Crippen LogP contribution in [0.5, 0.6) is 5.75 Å². The summed E-state index contributed by atoms with van der Waals surface area (Å²) in [5.41, 5.74) is 3.28. The van der Waals surface area contributed by atoms with E-state index in [4.69, 9.17) is 0 Å². The van der Waals surface area contributed by atoms with E-state index < -0.39 is 0 Å². The van der Waals surface area contributed by atoms with Crippen LogP contribution >= 0.6 is 0 Å². The highest BCUT2D eigenvalue weighted by atomic mass is 16.3. The molecule has 0 fully saturated rings. The number of benzene rings is 1. The van der Waals surface area contributed by atoms with Gasteiger partial charge >= 0.3 is 0 Å². The summed E-state index contributed by atoms with van der Waals surface area (Å²) in [5.74, 6) is 1.08. The third kappa shape index (κ3) is 2.91. The predicted octanol–water partition coefficient (Wildman–Crippen LogP) is 4.97. The van der Waals surface area contributed by atoms with E-state index in [-0.39, 0.29) is 11.2 Å². The lowest BCUT2D eigenvalue weighted by Crippen LogP contribution is -2.29. The average molecular weight is 310 g/mol. The minimum atomic E-state index is -0.303. The third-order valence-corrected chi connectivity index (χ3v) is 4.98. The first-order valence-electron chi connectivity index (χ1n) is 7.98. The molecule has 0 radical (unpaired) electrons. The molecule has 3 N–H and O–H groups in total. The number of hydrogen-bond donors (Lipinski definition) is 3. The van der Waals surface area contributed by atoms with Crippen LogP contribution < -0.4 is 0 Å². The van der Waals surface area contributed by atoms with Crippen LogP contribution in [-0.4, -0.2) is 15.3 Å². The minimum Gasteiger partial charge on any atom is -0.512 e. The second kappa shape index (κ2) is 5.99. The van der Waals surface area contributed by atoms with Gasteiger partial charge in [-0.05, 0) is 49.6 Å². The number of phenols is 1. The molecule has 0 saturated carbocycles. The first-order chi connectivity index (χ1) is 11.0. The summed E-state index contributed by atoms with van der Waals surface area (Å²) >= 11 is 0. The maximum Gasteiger partial charge on any atom is 0.115 e. The van der Waals surface area contributed by atoms with E-state index in [2.05, 4.69) is 6.92 Å². The van der Waals surface area contributed by atoms with Crippen LogP contribution in [0, 0.1) is 0 Å². The summed E-state index contributed by atoms with van der Waals surface area (Å²) in [4.78, 5) is 0. The van der Waals surface area contributed by atoms with Crippen molar-refractivity contribution in [2.24, 2.45) is 0 Å². The predicted molar refractivity (Wildman–Crippen MR) is 91.5 cm³/mol. The van der Waals surface area contributed by atoms with Crippen molar-refractivity contribution in [3.8, 4) is 5.75 Å². The summed E-state index contributed by atoms with van der Waals surface area (Å²) in [6.45, 7) is 2.18. The fraction of sp³-hybridized carbons (Fsp3) is 0.300. The fourth-order valence-electron chi connectivity index (χ4n) is 3.46. The summed E-state index contributed by atoms with van der Waals surface area (Å²) < 4.78 is 0. The zero-order valence-corrected chi connectivity index (χ0v) is 13.3. The Kier molecular flexibility index (Phi) is 4.03. The number of allylic oxidation sites excluding steroid dienone is 8. The van der Waals surface area contributed by atoms with Gasteiger partial charge in [-0.1, -0.05) is 35.4 Å². The van der Waals surface area contributed by atoms with E-state index in [1.54, 1.807) is 24.3 Å². The molecule has 2 aliphatic carbocycles. The van der Waals surface area contributed by atoms with Crippen molar-refractivity contribution in [3.05, 3.63) is 76.8 Å². The highest BCUT2D eigenvalue weighted by Crippen LogP contribution is 2.45. The van der Waals surface area contributed by atoms with Crippen LogP contribution in [0.2, 0.25) is 0 Å². The van der Waals surface area contributed by atoms with Gasteiger partial charge in [0.15, 0.2) is 0 Å². The van der Waals surface area contributed by atoms with Gasteiger partial charge in [-0.15, -0.1) is 0 Å². The lowest BCUT2D eigenvalue weighted by atomic mass is 9.66. The van der Waals surface area contributed by atoms with E-state index in [9.17, 15) is 15.3 Å². The van der Waals surface area contributed by atoms with Gasteiger partial charge in [-0.2, -0.15) is 0 Å². The van der Waals surface area contributed by atoms with Crippen LogP contribution in [0.1, 0.15) is 38.2 Å². The van der Waals surface area contributed by atoms with Gasteiger partial charge in [-0.25, -0.2) is 0 Å². The Morgan fingerprint density at radius 3 is 1.57 bits per heavy atom. The number of hydrogen-bond acceptors (Lipinski definition) is 3. The van der Waals surface area contributed by atoms with Crippen molar-refractivity contribution in [2.75, 3.05) is 0 Å². The fourth-order valence-corrected chi connectivity index (χ4v) is 3.46. The Bertz CT molecular complexity index is 680. The molecule has 0 spiro atoms. The number of aromatic hydroxyl groups is 1. The summed E-state index contributed by atoms with van der Waals surface area (Å²) in [6.07, 6.45) is 10.4. The maximum atomic E-state index is 9.67. The first kappa shape index (κ1) is 15.5. The number of phenolic OH excluding ortho intramolecular Hbond substituents is 1. The smallest absolute Gasteiger partial charge is 0.115 e. The zero-order chi connectivity index (χ0) is 16.4. The quantitative estimate of drug-likeness (QED) is 0.738. The van der Waals surface area contributed by atoms with Crippen LogP contribution in [-0.2, 0) is 5.41 Å². The molecule has 0 amide bonds. The molecule has 3 nitrogen and oxygen atoms in total. The van der Waals surface area contributed by atoms with Crippen molar-refractivity contribution in [2.45, 2.75) is 38.0 Å². The van der Waals surface area contributed by atoms with E-state index in [1.807, 2.05) is 24.3 Å². The van der Waals surface area contributed by atoms with Crippen molar-refractivity contribution < 1.29 is 15.3 Å². The molecule has 1 aromatic carbocycles. The van der Waals surface area contributed by atoms with E-state index >= 15 is 0 Å². The summed E-state index contributed by atoms with van der Waals surface area (Å²) in [7, 11) is 0. The molecule has 0 unspecified atom stereocenters. The molecule has 2 aliphatic rings. The Morgan fingerprint density at radius 1 is 0.696 bits per heavy atom. The Hall–Kier alpha value is -2.42. The summed E-state index contributed by atoms with van der Waals surface area (Å²) in [5, 5.41) is 28.9. The molecule has 23 heavy (non-hydrogen) atoms. The third-order valence-electron chi connectivity index (χ3n) is 4.98. The van der Waals surface area contributed by atoms with Crippen LogP contribution in [0.15, 0.2) is 71.2 Å². The topological polar surface area (TPSA) is 60.7 Å². The van der Waals surface area contributed by atoms with Gasteiger partial charge in [0.1, 0.15) is 5.75 Å². The maximum absolute atomic E-state index is 9.67. The number of rotatable bonds is 3. The highest BCUT2D eigenvalue weighted by molar-refractivity contribution is 5.50. The summed E-state index contributed by atoms with van der Waals surface area (Å²) in [6, 6.07) is 7.32. The molecule has 0 bridgehead atoms. The second-order valence-corrected chi connectivity index (χ2v) is 6.37. The van der Waals surface area contributed by atoms with E-state index in [1.165, 1.54) is 11.1 Å². The molecule has 0 atom stereocenters.